The third-order valence-corrected chi connectivity index (χ3v) is 9.26. The molecule has 1 aliphatic rings. The number of aromatic nitrogens is 1. The molecule has 0 radical (unpaired) electrons. The molecule has 1 aromatic heterocycles. The fraction of sp³-hybridized carbons (Fsp3) is 0.360. The SMILES string of the molecule is COc1cc(C(=O)O)c(F)cc1NS(=O)(=O)c1csc(-c2ccc(C3(CO)CCC(C(F)(F)F)CC3)cc2)n1. The fourth-order valence-electron chi connectivity index (χ4n) is 4.68. The second-order valence-corrected chi connectivity index (χ2v) is 11.8. The highest BCUT2D eigenvalue weighted by Crippen LogP contribution is 2.46. The minimum absolute atomic E-state index is 0.0692. The summed E-state index contributed by atoms with van der Waals surface area (Å²) in [6.45, 7) is -0.292. The Morgan fingerprint density at radius 3 is 2.38 bits per heavy atom. The van der Waals surface area contributed by atoms with Crippen LogP contribution < -0.4 is 9.46 Å². The van der Waals surface area contributed by atoms with E-state index in [0.29, 0.717) is 22.2 Å². The quantitative estimate of drug-likeness (QED) is 0.299. The number of thiazole rings is 1. The molecular weight excluding hydrogens is 564 g/mol. The van der Waals surface area contributed by atoms with E-state index >= 15 is 0 Å². The molecule has 4 rings (SSSR count). The Labute approximate surface area is 225 Å². The molecule has 3 aromatic rings. The van der Waals surface area contributed by atoms with Crippen molar-refractivity contribution in [2.24, 2.45) is 5.92 Å². The smallest absolute Gasteiger partial charge is 0.391 e. The van der Waals surface area contributed by atoms with E-state index in [9.17, 15) is 35.9 Å². The first-order chi connectivity index (χ1) is 18.3. The average molecular weight is 589 g/mol. The summed E-state index contributed by atoms with van der Waals surface area (Å²) < 4.78 is 86.4. The first kappa shape index (κ1) is 28.8. The monoisotopic (exact) mass is 588 g/mol. The van der Waals surface area contributed by atoms with Crippen molar-refractivity contribution >= 4 is 33.0 Å². The zero-order valence-corrected chi connectivity index (χ0v) is 22.1. The highest BCUT2D eigenvalue weighted by atomic mass is 32.2. The molecule has 210 valence electrons. The maximum absolute atomic E-state index is 14.2. The van der Waals surface area contributed by atoms with E-state index in [0.717, 1.165) is 17.4 Å². The largest absolute Gasteiger partial charge is 0.495 e. The number of carboxylic acids is 1. The number of aromatic carboxylic acids is 1. The number of hydrogen-bond acceptors (Lipinski definition) is 7. The molecule has 3 N–H and O–H groups in total. The lowest BCUT2D eigenvalue weighted by Crippen LogP contribution is -2.39. The number of anilines is 1. The highest BCUT2D eigenvalue weighted by Gasteiger charge is 2.46. The number of nitrogens with one attached hydrogen (secondary N) is 1. The maximum Gasteiger partial charge on any atom is 0.391 e. The standard InChI is InChI=1S/C25H24F4N2O6S2/c1-37-20-10-17(23(33)34)18(26)11-19(20)31-39(35,36)21-12-38-22(30-21)14-2-4-15(5-3-14)24(13-32)8-6-16(7-9-24)25(27,28)29/h2-5,10-12,16,31-32H,6-9,13H2,1H3,(H,33,34). The molecule has 1 aliphatic carbocycles. The van der Waals surface area contributed by atoms with Gasteiger partial charge in [0.15, 0.2) is 5.03 Å². The van der Waals surface area contributed by atoms with Crippen LogP contribution in [0.5, 0.6) is 5.75 Å². The van der Waals surface area contributed by atoms with Gasteiger partial charge >= 0.3 is 12.1 Å². The van der Waals surface area contributed by atoms with Crippen LogP contribution in [-0.4, -0.2) is 49.5 Å². The molecule has 0 amide bonds. The van der Waals surface area contributed by atoms with Crippen LogP contribution in [-0.2, 0) is 15.4 Å². The van der Waals surface area contributed by atoms with E-state index in [1.807, 2.05) is 0 Å². The summed E-state index contributed by atoms with van der Waals surface area (Å²) in [5.41, 5.74) is -0.540. The van der Waals surface area contributed by atoms with Crippen molar-refractivity contribution in [3.05, 3.63) is 58.7 Å². The predicted molar refractivity (Wildman–Crippen MR) is 135 cm³/mol. The summed E-state index contributed by atoms with van der Waals surface area (Å²) in [6.07, 6.45) is -4.02. The zero-order chi connectivity index (χ0) is 28.6. The molecule has 0 aliphatic heterocycles. The van der Waals surface area contributed by atoms with Gasteiger partial charge in [-0.15, -0.1) is 11.3 Å². The molecule has 8 nitrogen and oxygen atoms in total. The van der Waals surface area contributed by atoms with Gasteiger partial charge in [0.2, 0.25) is 0 Å². The number of benzene rings is 2. The number of alkyl halides is 3. The van der Waals surface area contributed by atoms with Crippen molar-refractivity contribution in [2.45, 2.75) is 42.3 Å². The molecule has 1 fully saturated rings. The van der Waals surface area contributed by atoms with Gasteiger partial charge in [0.05, 0.1) is 30.9 Å². The van der Waals surface area contributed by atoms with Gasteiger partial charge < -0.3 is 14.9 Å². The van der Waals surface area contributed by atoms with Crippen molar-refractivity contribution in [1.29, 1.82) is 0 Å². The van der Waals surface area contributed by atoms with E-state index < -0.39 is 44.9 Å². The first-order valence-corrected chi connectivity index (χ1v) is 14.0. The van der Waals surface area contributed by atoms with Gasteiger partial charge in [0.25, 0.3) is 10.0 Å². The van der Waals surface area contributed by atoms with Crippen molar-refractivity contribution in [3.63, 3.8) is 0 Å². The lowest BCUT2D eigenvalue weighted by atomic mass is 9.67. The fourth-order valence-corrected chi connectivity index (χ4v) is 6.84. The molecule has 2 aromatic carbocycles. The molecule has 0 spiro atoms. The Bertz CT molecular complexity index is 1460. The average Bonchev–Trinajstić information content (AvgIpc) is 3.40. The van der Waals surface area contributed by atoms with Crippen LogP contribution in [0.2, 0.25) is 0 Å². The van der Waals surface area contributed by atoms with Gasteiger partial charge in [0, 0.05) is 22.4 Å². The Kier molecular flexibility index (Phi) is 7.92. The molecule has 0 atom stereocenters. The molecule has 39 heavy (non-hydrogen) atoms. The van der Waals surface area contributed by atoms with Crippen LogP contribution in [0.25, 0.3) is 10.6 Å². The minimum Gasteiger partial charge on any atom is -0.495 e. The van der Waals surface area contributed by atoms with Crippen LogP contribution in [0.4, 0.5) is 23.2 Å². The molecule has 1 heterocycles. The summed E-state index contributed by atoms with van der Waals surface area (Å²) in [6, 6.07) is 8.28. The Morgan fingerprint density at radius 1 is 1.21 bits per heavy atom. The number of methoxy groups -OCH3 is 1. The number of hydrogen-bond donors (Lipinski definition) is 3. The summed E-state index contributed by atoms with van der Waals surface area (Å²) in [5.74, 6) is -4.29. The van der Waals surface area contributed by atoms with Crippen molar-refractivity contribution < 1.29 is 45.7 Å². The van der Waals surface area contributed by atoms with Gasteiger partial charge in [-0.2, -0.15) is 21.6 Å². The maximum atomic E-state index is 14.2. The van der Waals surface area contributed by atoms with E-state index in [-0.39, 0.29) is 48.8 Å². The molecule has 14 heteroatoms. The van der Waals surface area contributed by atoms with Crippen LogP contribution in [0.1, 0.15) is 41.6 Å². The van der Waals surface area contributed by atoms with Crippen LogP contribution in [0.15, 0.2) is 46.8 Å². The van der Waals surface area contributed by atoms with E-state index in [4.69, 9.17) is 9.84 Å². The number of carboxylic acid groups (broad SMARTS) is 1. The number of sulfonamides is 1. The second kappa shape index (κ2) is 10.7. The topological polar surface area (TPSA) is 126 Å². The third kappa shape index (κ3) is 5.87. The van der Waals surface area contributed by atoms with Gasteiger partial charge in [0.1, 0.15) is 16.6 Å². The van der Waals surface area contributed by atoms with Gasteiger partial charge in [-0.25, -0.2) is 14.2 Å². The van der Waals surface area contributed by atoms with Crippen LogP contribution >= 0.6 is 11.3 Å². The van der Waals surface area contributed by atoms with Crippen molar-refractivity contribution in [3.8, 4) is 16.3 Å². The summed E-state index contributed by atoms with van der Waals surface area (Å²) in [5, 5.41) is 20.4. The number of nitrogens with zero attached hydrogens (tertiary/aromatic N) is 1. The molecular formula is C25H24F4N2O6S2. The first-order valence-electron chi connectivity index (χ1n) is 11.7. The Balaban J connectivity index is 1.53. The van der Waals surface area contributed by atoms with E-state index in [2.05, 4.69) is 9.71 Å². The number of halogens is 4. The number of carbonyl (C=O) groups is 1. The highest BCUT2D eigenvalue weighted by molar-refractivity contribution is 7.92. The lowest BCUT2D eigenvalue weighted by molar-refractivity contribution is -0.185. The molecule has 0 saturated heterocycles. The summed E-state index contributed by atoms with van der Waals surface area (Å²) >= 11 is 1.02. The number of rotatable bonds is 8. The van der Waals surface area contributed by atoms with Gasteiger partial charge in [-0.05, 0) is 37.3 Å². The number of aliphatic hydroxyl groups excluding tert-OH is 1. The number of ether oxygens (including phenoxy) is 1. The minimum atomic E-state index is -4.31. The van der Waals surface area contributed by atoms with Crippen molar-refractivity contribution in [1.82, 2.24) is 4.98 Å². The van der Waals surface area contributed by atoms with Gasteiger partial charge in [-0.1, -0.05) is 24.3 Å². The predicted octanol–water partition coefficient (Wildman–Crippen LogP) is 5.44. The van der Waals surface area contributed by atoms with Crippen molar-refractivity contribution in [2.75, 3.05) is 18.4 Å². The normalized spacial score (nSPS) is 20.0. The second-order valence-electron chi connectivity index (χ2n) is 9.27. The summed E-state index contributed by atoms with van der Waals surface area (Å²) in [4.78, 5) is 15.3. The third-order valence-electron chi connectivity index (χ3n) is 6.97. The lowest BCUT2D eigenvalue weighted by Gasteiger charge is -2.40. The van der Waals surface area contributed by atoms with Gasteiger partial charge in [-0.3, -0.25) is 4.72 Å². The Morgan fingerprint density at radius 2 is 1.85 bits per heavy atom. The van der Waals surface area contributed by atoms with E-state index in [1.54, 1.807) is 24.3 Å². The molecule has 0 unspecified atom stereocenters. The van der Waals surface area contributed by atoms with Crippen LogP contribution in [0.3, 0.4) is 0 Å². The Hall–Kier alpha value is -3.23. The number of aliphatic hydroxyl groups is 1. The van der Waals surface area contributed by atoms with E-state index in [1.165, 1.54) is 12.5 Å². The van der Waals surface area contributed by atoms with Crippen LogP contribution in [0, 0.1) is 11.7 Å². The zero-order valence-electron chi connectivity index (χ0n) is 20.5. The summed E-state index contributed by atoms with van der Waals surface area (Å²) in [7, 11) is -3.14. The molecule has 1 saturated carbocycles. The molecule has 0 bridgehead atoms.